The van der Waals surface area contributed by atoms with Crippen LogP contribution >= 0.6 is 0 Å². The number of nitrogens with one attached hydrogen (secondary N) is 1. The number of ether oxygens (including phenoxy) is 2. The van der Waals surface area contributed by atoms with E-state index in [9.17, 15) is 4.79 Å². The molecule has 6 heteroatoms. The van der Waals surface area contributed by atoms with Gasteiger partial charge < -0.3 is 14.8 Å². The van der Waals surface area contributed by atoms with Gasteiger partial charge in [-0.2, -0.15) is 5.10 Å². The Bertz CT molecular complexity index is 918. The van der Waals surface area contributed by atoms with Crippen LogP contribution in [-0.2, 0) is 11.2 Å². The number of rotatable bonds is 8. The zero-order valence-electron chi connectivity index (χ0n) is 16.4. The Morgan fingerprint density at radius 3 is 2.39 bits per heavy atom. The van der Waals surface area contributed by atoms with Gasteiger partial charge in [0, 0.05) is 11.3 Å². The molecule has 0 saturated heterocycles. The SMILES string of the molecule is COc1ccc(OCCNC(=O)Cc2c(C)nn(-c3ccccc3)c2C)cc1. The van der Waals surface area contributed by atoms with E-state index in [1.54, 1.807) is 7.11 Å². The summed E-state index contributed by atoms with van der Waals surface area (Å²) in [5.74, 6) is 1.48. The van der Waals surface area contributed by atoms with Gasteiger partial charge in [-0.3, -0.25) is 4.79 Å². The zero-order valence-corrected chi connectivity index (χ0v) is 16.4. The molecule has 0 spiro atoms. The van der Waals surface area contributed by atoms with Gasteiger partial charge in [0.05, 0.1) is 31.5 Å². The summed E-state index contributed by atoms with van der Waals surface area (Å²) in [5.41, 5.74) is 3.79. The summed E-state index contributed by atoms with van der Waals surface area (Å²) in [5, 5.41) is 7.49. The second-order valence-corrected chi connectivity index (χ2v) is 6.45. The third kappa shape index (κ3) is 4.71. The molecule has 0 aliphatic heterocycles. The average Bonchev–Trinajstić information content (AvgIpc) is 3.00. The number of amides is 1. The highest BCUT2D eigenvalue weighted by molar-refractivity contribution is 5.79. The van der Waals surface area contributed by atoms with Crippen LogP contribution in [-0.4, -0.2) is 35.9 Å². The lowest BCUT2D eigenvalue weighted by atomic mass is 10.1. The highest BCUT2D eigenvalue weighted by Gasteiger charge is 2.15. The highest BCUT2D eigenvalue weighted by atomic mass is 16.5. The van der Waals surface area contributed by atoms with Crippen LogP contribution in [0, 0.1) is 13.8 Å². The number of nitrogens with zero attached hydrogens (tertiary/aromatic N) is 2. The average molecular weight is 379 g/mol. The summed E-state index contributed by atoms with van der Waals surface area (Å²) in [6, 6.07) is 17.3. The van der Waals surface area contributed by atoms with Crippen molar-refractivity contribution in [1.82, 2.24) is 15.1 Å². The number of carbonyl (C=O) groups is 1. The molecule has 2 aromatic carbocycles. The largest absolute Gasteiger partial charge is 0.497 e. The van der Waals surface area contributed by atoms with Crippen molar-refractivity contribution in [1.29, 1.82) is 0 Å². The molecule has 1 heterocycles. The summed E-state index contributed by atoms with van der Waals surface area (Å²) in [6.45, 7) is 4.76. The van der Waals surface area contributed by atoms with Crippen LogP contribution in [0.4, 0.5) is 0 Å². The minimum Gasteiger partial charge on any atom is -0.497 e. The van der Waals surface area contributed by atoms with Crippen LogP contribution in [0.1, 0.15) is 17.0 Å². The van der Waals surface area contributed by atoms with E-state index in [-0.39, 0.29) is 5.91 Å². The topological polar surface area (TPSA) is 65.4 Å². The van der Waals surface area contributed by atoms with Gasteiger partial charge >= 0.3 is 0 Å². The highest BCUT2D eigenvalue weighted by Crippen LogP contribution is 2.18. The second-order valence-electron chi connectivity index (χ2n) is 6.45. The van der Waals surface area contributed by atoms with E-state index in [0.29, 0.717) is 19.6 Å². The minimum atomic E-state index is -0.0443. The Hall–Kier alpha value is -3.28. The van der Waals surface area contributed by atoms with Crippen molar-refractivity contribution in [3.05, 3.63) is 71.5 Å². The van der Waals surface area contributed by atoms with Gasteiger partial charge in [0.15, 0.2) is 0 Å². The van der Waals surface area contributed by atoms with E-state index in [1.807, 2.05) is 73.1 Å². The van der Waals surface area contributed by atoms with Crippen LogP contribution in [0.25, 0.3) is 5.69 Å². The predicted octanol–water partition coefficient (Wildman–Crippen LogP) is 3.24. The number of carbonyl (C=O) groups excluding carboxylic acids is 1. The van der Waals surface area contributed by atoms with E-state index in [0.717, 1.165) is 34.1 Å². The monoisotopic (exact) mass is 379 g/mol. The van der Waals surface area contributed by atoms with Gasteiger partial charge in [-0.05, 0) is 50.2 Å². The molecule has 0 radical (unpaired) electrons. The van der Waals surface area contributed by atoms with Crippen molar-refractivity contribution < 1.29 is 14.3 Å². The first-order valence-corrected chi connectivity index (χ1v) is 9.22. The van der Waals surface area contributed by atoms with Crippen molar-refractivity contribution in [2.45, 2.75) is 20.3 Å². The maximum Gasteiger partial charge on any atom is 0.224 e. The van der Waals surface area contributed by atoms with Gasteiger partial charge in [-0.25, -0.2) is 4.68 Å². The van der Waals surface area contributed by atoms with Crippen LogP contribution in [0.2, 0.25) is 0 Å². The molecule has 6 nitrogen and oxygen atoms in total. The first kappa shape index (κ1) is 19.5. The molecule has 0 atom stereocenters. The normalized spacial score (nSPS) is 10.5. The number of benzene rings is 2. The van der Waals surface area contributed by atoms with Crippen molar-refractivity contribution >= 4 is 5.91 Å². The van der Waals surface area contributed by atoms with Crippen molar-refractivity contribution in [3.8, 4) is 17.2 Å². The molecule has 3 rings (SSSR count). The van der Waals surface area contributed by atoms with Gasteiger partial charge in [-0.15, -0.1) is 0 Å². The quantitative estimate of drug-likeness (QED) is 0.610. The molecule has 0 unspecified atom stereocenters. The summed E-state index contributed by atoms with van der Waals surface area (Å²) in [6.07, 6.45) is 0.299. The maximum absolute atomic E-state index is 12.3. The number of hydrogen-bond acceptors (Lipinski definition) is 4. The molecule has 1 aromatic heterocycles. The Morgan fingerprint density at radius 1 is 1.04 bits per heavy atom. The third-order valence-corrected chi connectivity index (χ3v) is 4.53. The number of aromatic nitrogens is 2. The lowest BCUT2D eigenvalue weighted by molar-refractivity contribution is -0.120. The molecular weight excluding hydrogens is 354 g/mol. The predicted molar refractivity (Wildman–Crippen MR) is 108 cm³/mol. The van der Waals surface area contributed by atoms with Gasteiger partial charge in [0.1, 0.15) is 18.1 Å². The second kappa shape index (κ2) is 9.08. The van der Waals surface area contributed by atoms with Crippen LogP contribution in [0.3, 0.4) is 0 Å². The zero-order chi connectivity index (χ0) is 19.9. The standard InChI is InChI=1S/C22H25N3O3/c1-16-21(17(2)25(24-16)18-7-5-4-6-8-18)15-22(26)23-13-14-28-20-11-9-19(27-3)10-12-20/h4-12H,13-15H2,1-3H3,(H,23,26). The van der Waals surface area contributed by atoms with Gasteiger partial charge in [0.25, 0.3) is 0 Å². The maximum atomic E-state index is 12.3. The molecule has 0 aliphatic rings. The molecule has 1 N–H and O–H groups in total. The summed E-state index contributed by atoms with van der Waals surface area (Å²) in [7, 11) is 1.62. The van der Waals surface area contributed by atoms with E-state index < -0.39 is 0 Å². The van der Waals surface area contributed by atoms with Crippen LogP contribution < -0.4 is 14.8 Å². The van der Waals surface area contributed by atoms with Crippen molar-refractivity contribution in [2.24, 2.45) is 0 Å². The molecule has 3 aromatic rings. The summed E-state index contributed by atoms with van der Waals surface area (Å²) in [4.78, 5) is 12.3. The number of methoxy groups -OCH3 is 1. The molecule has 0 aliphatic carbocycles. The van der Waals surface area contributed by atoms with Gasteiger partial charge in [-0.1, -0.05) is 18.2 Å². The molecule has 28 heavy (non-hydrogen) atoms. The minimum absolute atomic E-state index is 0.0443. The summed E-state index contributed by atoms with van der Waals surface area (Å²) < 4.78 is 12.6. The van der Waals surface area contributed by atoms with E-state index in [1.165, 1.54) is 0 Å². The molecular formula is C22H25N3O3. The lowest BCUT2D eigenvalue weighted by Gasteiger charge is -2.09. The Balaban J connectivity index is 1.51. The Morgan fingerprint density at radius 2 is 1.71 bits per heavy atom. The van der Waals surface area contributed by atoms with Crippen molar-refractivity contribution in [2.75, 3.05) is 20.3 Å². The fraction of sp³-hybridized carbons (Fsp3) is 0.273. The Kier molecular flexibility index (Phi) is 6.32. The van der Waals surface area contributed by atoms with Crippen LogP contribution in [0.5, 0.6) is 11.5 Å². The van der Waals surface area contributed by atoms with Crippen LogP contribution in [0.15, 0.2) is 54.6 Å². The molecule has 0 bridgehead atoms. The van der Waals surface area contributed by atoms with E-state index in [2.05, 4.69) is 10.4 Å². The number of para-hydroxylation sites is 1. The fourth-order valence-electron chi connectivity index (χ4n) is 3.01. The lowest BCUT2D eigenvalue weighted by Crippen LogP contribution is -2.29. The first-order chi connectivity index (χ1) is 13.6. The third-order valence-electron chi connectivity index (χ3n) is 4.53. The number of aryl methyl sites for hydroxylation is 1. The Labute approximate surface area is 165 Å². The molecule has 146 valence electrons. The van der Waals surface area contributed by atoms with E-state index >= 15 is 0 Å². The molecule has 0 saturated carbocycles. The smallest absolute Gasteiger partial charge is 0.224 e. The van der Waals surface area contributed by atoms with Gasteiger partial charge in [0.2, 0.25) is 5.91 Å². The first-order valence-electron chi connectivity index (χ1n) is 9.22. The van der Waals surface area contributed by atoms with Crippen molar-refractivity contribution in [3.63, 3.8) is 0 Å². The summed E-state index contributed by atoms with van der Waals surface area (Å²) >= 11 is 0. The van der Waals surface area contributed by atoms with E-state index in [4.69, 9.17) is 9.47 Å². The molecule has 1 amide bonds. The fourth-order valence-corrected chi connectivity index (χ4v) is 3.01. The molecule has 0 fully saturated rings. The number of hydrogen-bond donors (Lipinski definition) is 1.